The van der Waals surface area contributed by atoms with Crippen LogP contribution in [0, 0.1) is 6.92 Å². The molecule has 2 N–H and O–H groups in total. The molecule has 0 amide bonds. The second kappa shape index (κ2) is 7.43. The first-order valence-corrected chi connectivity index (χ1v) is 9.06. The molecule has 124 valence electrons. The van der Waals surface area contributed by atoms with Gasteiger partial charge in [-0.05, 0) is 31.9 Å². The fourth-order valence-electron chi connectivity index (χ4n) is 3.00. The maximum atomic E-state index is 9.63. The molecule has 0 aliphatic heterocycles. The van der Waals surface area contributed by atoms with E-state index >= 15 is 0 Å². The van der Waals surface area contributed by atoms with Crippen molar-refractivity contribution in [2.45, 2.75) is 51.3 Å². The van der Waals surface area contributed by atoms with Gasteiger partial charge in [0.15, 0.2) is 0 Å². The number of aromatic nitrogens is 1. The van der Waals surface area contributed by atoms with Crippen molar-refractivity contribution in [3.63, 3.8) is 0 Å². The molecule has 0 atom stereocenters. The van der Waals surface area contributed by atoms with Crippen LogP contribution in [-0.4, -0.2) is 22.2 Å². The lowest BCUT2D eigenvalue weighted by Gasteiger charge is -2.27. The van der Waals surface area contributed by atoms with Crippen molar-refractivity contribution in [2.75, 3.05) is 6.61 Å². The highest BCUT2D eigenvalue weighted by molar-refractivity contribution is 7.09. The van der Waals surface area contributed by atoms with Crippen LogP contribution in [0.2, 0.25) is 0 Å². The summed E-state index contributed by atoms with van der Waals surface area (Å²) in [5, 5.41) is 16.2. The number of hydrogen-bond donors (Lipinski definition) is 2. The number of ether oxygens (including phenoxy) is 1. The van der Waals surface area contributed by atoms with Gasteiger partial charge in [0.25, 0.3) is 0 Å². The Kier molecular flexibility index (Phi) is 5.30. The van der Waals surface area contributed by atoms with Crippen LogP contribution in [-0.2, 0) is 13.2 Å². The van der Waals surface area contributed by atoms with Gasteiger partial charge in [-0.25, -0.2) is 4.98 Å². The SMILES string of the molecule is Cc1ccc(OCc2nc(CNC3(CO)CCCC3)cs2)cc1. The number of hydrogen-bond acceptors (Lipinski definition) is 5. The first kappa shape index (κ1) is 16.4. The monoisotopic (exact) mass is 332 g/mol. The topological polar surface area (TPSA) is 54.4 Å². The van der Waals surface area contributed by atoms with Crippen molar-refractivity contribution in [2.24, 2.45) is 0 Å². The Morgan fingerprint density at radius 2 is 2.00 bits per heavy atom. The number of aryl methyl sites for hydroxylation is 1. The molecule has 3 rings (SSSR count). The van der Waals surface area contributed by atoms with Gasteiger partial charge in [-0.2, -0.15) is 0 Å². The number of rotatable bonds is 7. The van der Waals surface area contributed by atoms with Gasteiger partial charge in [0.2, 0.25) is 0 Å². The first-order valence-electron chi connectivity index (χ1n) is 8.18. The van der Waals surface area contributed by atoms with E-state index in [1.54, 1.807) is 11.3 Å². The van der Waals surface area contributed by atoms with Gasteiger partial charge in [0, 0.05) is 17.5 Å². The number of benzene rings is 1. The molecule has 1 aromatic heterocycles. The molecule has 2 aromatic rings. The lowest BCUT2D eigenvalue weighted by molar-refractivity contribution is 0.162. The van der Waals surface area contributed by atoms with E-state index in [1.165, 1.54) is 18.4 Å². The molecule has 0 saturated heterocycles. The lowest BCUT2D eigenvalue weighted by atomic mass is 9.99. The molecule has 1 heterocycles. The summed E-state index contributed by atoms with van der Waals surface area (Å²) in [6, 6.07) is 8.05. The zero-order valence-corrected chi connectivity index (χ0v) is 14.4. The van der Waals surface area contributed by atoms with Crippen LogP contribution in [0.1, 0.15) is 41.9 Å². The molecule has 1 aliphatic carbocycles. The molecule has 0 unspecified atom stereocenters. The summed E-state index contributed by atoms with van der Waals surface area (Å²) in [6.07, 6.45) is 4.49. The predicted octanol–water partition coefficient (Wildman–Crippen LogP) is 3.43. The Morgan fingerprint density at radius 1 is 1.26 bits per heavy atom. The molecule has 0 bridgehead atoms. The number of aliphatic hydroxyl groups excluding tert-OH is 1. The third-order valence-corrected chi connectivity index (χ3v) is 5.36. The van der Waals surface area contributed by atoms with E-state index in [0.717, 1.165) is 29.3 Å². The average Bonchev–Trinajstić information content (AvgIpc) is 3.22. The van der Waals surface area contributed by atoms with Crippen molar-refractivity contribution in [1.29, 1.82) is 0 Å². The summed E-state index contributed by atoms with van der Waals surface area (Å²) in [4.78, 5) is 4.62. The van der Waals surface area contributed by atoms with Gasteiger partial charge in [-0.1, -0.05) is 30.5 Å². The molecule has 1 aromatic carbocycles. The largest absolute Gasteiger partial charge is 0.486 e. The van der Waals surface area contributed by atoms with Crippen LogP contribution in [0.3, 0.4) is 0 Å². The highest BCUT2D eigenvalue weighted by Crippen LogP contribution is 2.29. The van der Waals surface area contributed by atoms with Gasteiger partial charge >= 0.3 is 0 Å². The smallest absolute Gasteiger partial charge is 0.140 e. The number of nitrogens with one attached hydrogen (secondary N) is 1. The zero-order valence-electron chi connectivity index (χ0n) is 13.5. The Balaban J connectivity index is 1.50. The van der Waals surface area contributed by atoms with E-state index in [0.29, 0.717) is 13.2 Å². The van der Waals surface area contributed by atoms with Crippen molar-refractivity contribution in [3.8, 4) is 5.75 Å². The Labute approximate surface area is 141 Å². The molecule has 0 radical (unpaired) electrons. The first-order chi connectivity index (χ1) is 11.2. The van der Waals surface area contributed by atoms with E-state index < -0.39 is 0 Å². The van der Waals surface area contributed by atoms with Gasteiger partial charge in [0.05, 0.1) is 12.3 Å². The van der Waals surface area contributed by atoms with E-state index in [9.17, 15) is 5.11 Å². The summed E-state index contributed by atoms with van der Waals surface area (Å²) in [5.41, 5.74) is 2.16. The summed E-state index contributed by atoms with van der Waals surface area (Å²) in [6.45, 7) is 3.48. The molecular formula is C18H24N2O2S. The van der Waals surface area contributed by atoms with Crippen LogP contribution >= 0.6 is 11.3 Å². The van der Waals surface area contributed by atoms with Crippen LogP contribution in [0.5, 0.6) is 5.75 Å². The van der Waals surface area contributed by atoms with Crippen LogP contribution in [0.25, 0.3) is 0 Å². The van der Waals surface area contributed by atoms with Gasteiger partial charge in [-0.15, -0.1) is 11.3 Å². The predicted molar refractivity (Wildman–Crippen MR) is 92.7 cm³/mol. The second-order valence-electron chi connectivity index (χ2n) is 6.33. The van der Waals surface area contributed by atoms with E-state index in [-0.39, 0.29) is 12.1 Å². The summed E-state index contributed by atoms with van der Waals surface area (Å²) < 4.78 is 5.77. The fourth-order valence-corrected chi connectivity index (χ4v) is 3.70. The van der Waals surface area contributed by atoms with Gasteiger partial charge in [-0.3, -0.25) is 0 Å². The van der Waals surface area contributed by atoms with Crippen LogP contribution in [0.4, 0.5) is 0 Å². The van der Waals surface area contributed by atoms with Crippen LogP contribution in [0.15, 0.2) is 29.6 Å². The molecule has 1 saturated carbocycles. The van der Waals surface area contributed by atoms with Crippen LogP contribution < -0.4 is 10.1 Å². The maximum absolute atomic E-state index is 9.63. The number of thiazole rings is 1. The van der Waals surface area contributed by atoms with Gasteiger partial charge < -0.3 is 15.2 Å². The Bertz CT molecular complexity index is 618. The fraction of sp³-hybridized carbons (Fsp3) is 0.500. The van der Waals surface area contributed by atoms with Crippen molar-refractivity contribution in [3.05, 3.63) is 45.9 Å². The molecule has 23 heavy (non-hydrogen) atoms. The molecule has 4 nitrogen and oxygen atoms in total. The van der Waals surface area contributed by atoms with Crippen molar-refractivity contribution >= 4 is 11.3 Å². The number of nitrogens with zero attached hydrogens (tertiary/aromatic N) is 1. The quantitative estimate of drug-likeness (QED) is 0.816. The summed E-state index contributed by atoms with van der Waals surface area (Å²) >= 11 is 1.62. The Morgan fingerprint density at radius 3 is 2.70 bits per heavy atom. The third kappa shape index (κ3) is 4.31. The molecular weight excluding hydrogens is 308 g/mol. The number of aliphatic hydroxyl groups is 1. The van der Waals surface area contributed by atoms with Gasteiger partial charge in [0.1, 0.15) is 17.4 Å². The normalized spacial score (nSPS) is 16.6. The molecule has 1 aliphatic rings. The minimum Gasteiger partial charge on any atom is -0.486 e. The summed E-state index contributed by atoms with van der Waals surface area (Å²) in [7, 11) is 0. The zero-order chi connectivity index (χ0) is 16.1. The minimum absolute atomic E-state index is 0.0951. The van der Waals surface area contributed by atoms with Crippen molar-refractivity contribution < 1.29 is 9.84 Å². The second-order valence-corrected chi connectivity index (χ2v) is 7.28. The standard InChI is InChI=1S/C18H24N2O2S/c1-14-4-6-16(7-5-14)22-11-17-20-15(12-23-17)10-19-18(13-21)8-2-3-9-18/h4-7,12,19,21H,2-3,8-11,13H2,1H3. The lowest BCUT2D eigenvalue weighted by Crippen LogP contribution is -2.45. The molecule has 0 spiro atoms. The molecule has 5 heteroatoms. The minimum atomic E-state index is -0.0951. The summed E-state index contributed by atoms with van der Waals surface area (Å²) in [5.74, 6) is 0.871. The maximum Gasteiger partial charge on any atom is 0.140 e. The average molecular weight is 332 g/mol. The Hall–Kier alpha value is -1.43. The highest BCUT2D eigenvalue weighted by Gasteiger charge is 2.32. The highest BCUT2D eigenvalue weighted by atomic mass is 32.1. The van der Waals surface area contributed by atoms with E-state index in [4.69, 9.17) is 4.74 Å². The van der Waals surface area contributed by atoms with E-state index in [2.05, 4.69) is 22.6 Å². The molecule has 1 fully saturated rings. The van der Waals surface area contributed by atoms with E-state index in [1.807, 2.05) is 24.3 Å². The van der Waals surface area contributed by atoms with Crippen molar-refractivity contribution in [1.82, 2.24) is 10.3 Å². The third-order valence-electron chi connectivity index (χ3n) is 4.49.